The molecule has 0 radical (unpaired) electrons. The average molecular weight is 214 g/mol. The third kappa shape index (κ3) is 2.12. The Balaban J connectivity index is 2.07. The van der Waals surface area contributed by atoms with Crippen molar-refractivity contribution < 1.29 is 9.47 Å². The molecule has 2 atom stereocenters. The summed E-state index contributed by atoms with van der Waals surface area (Å²) in [6.07, 6.45) is 1.82. The van der Waals surface area contributed by atoms with Crippen LogP contribution in [0.4, 0.5) is 0 Å². The minimum absolute atomic E-state index is 0.00116. The monoisotopic (exact) mass is 214 g/mol. The largest absolute Gasteiger partial charge is 0.376 e. The summed E-state index contributed by atoms with van der Waals surface area (Å²) in [5, 5.41) is 0.969. The topological polar surface area (TPSA) is 57.4 Å². The first-order chi connectivity index (χ1) is 6.77. The zero-order valence-electron chi connectivity index (χ0n) is 8.10. The first-order valence-electron chi connectivity index (χ1n) is 4.68. The van der Waals surface area contributed by atoms with Gasteiger partial charge in [-0.2, -0.15) is 0 Å². The molecular weight excluding hydrogens is 200 g/mol. The predicted octanol–water partition coefficient (Wildman–Crippen LogP) is 1.25. The molecule has 1 aromatic heterocycles. The van der Waals surface area contributed by atoms with E-state index in [1.54, 1.807) is 11.3 Å². The fourth-order valence-corrected chi connectivity index (χ4v) is 2.20. The van der Waals surface area contributed by atoms with Gasteiger partial charge in [0, 0.05) is 17.1 Å². The van der Waals surface area contributed by atoms with E-state index in [1.165, 1.54) is 0 Å². The van der Waals surface area contributed by atoms with Gasteiger partial charge in [-0.05, 0) is 6.92 Å². The Hall–Kier alpha value is -0.490. The molecule has 14 heavy (non-hydrogen) atoms. The predicted molar refractivity (Wildman–Crippen MR) is 54.2 cm³/mol. The van der Waals surface area contributed by atoms with Crippen molar-refractivity contribution in [3.05, 3.63) is 16.1 Å². The van der Waals surface area contributed by atoms with Gasteiger partial charge in [-0.25, -0.2) is 4.98 Å². The van der Waals surface area contributed by atoms with Crippen molar-refractivity contribution >= 4 is 11.3 Å². The number of ether oxygens (including phenoxy) is 2. The van der Waals surface area contributed by atoms with Crippen LogP contribution < -0.4 is 5.73 Å². The second-order valence-corrected chi connectivity index (χ2v) is 4.42. The van der Waals surface area contributed by atoms with Crippen molar-refractivity contribution in [1.82, 2.24) is 4.98 Å². The van der Waals surface area contributed by atoms with E-state index in [1.807, 2.05) is 13.1 Å². The Bertz CT molecular complexity index is 295. The summed E-state index contributed by atoms with van der Waals surface area (Å²) >= 11 is 1.61. The molecule has 1 aromatic rings. The van der Waals surface area contributed by atoms with E-state index in [0.29, 0.717) is 19.8 Å². The first kappa shape index (κ1) is 10.0. The maximum Gasteiger partial charge on any atom is 0.132 e. The number of aromatic nitrogens is 1. The van der Waals surface area contributed by atoms with Crippen LogP contribution in [0.2, 0.25) is 0 Å². The third-order valence-electron chi connectivity index (χ3n) is 2.08. The average Bonchev–Trinajstić information content (AvgIpc) is 2.68. The summed E-state index contributed by atoms with van der Waals surface area (Å²) in [5.74, 6) is 0. The molecule has 1 saturated heterocycles. The van der Waals surface area contributed by atoms with E-state index in [0.717, 1.165) is 9.88 Å². The van der Waals surface area contributed by atoms with Crippen LogP contribution in [0.1, 0.15) is 29.0 Å². The molecule has 2 N–H and O–H groups in total. The Morgan fingerprint density at radius 3 is 3.07 bits per heavy atom. The molecule has 0 saturated carbocycles. The van der Waals surface area contributed by atoms with Gasteiger partial charge in [-0.3, -0.25) is 0 Å². The van der Waals surface area contributed by atoms with E-state index >= 15 is 0 Å². The number of nitrogens with zero attached hydrogens (tertiary/aromatic N) is 1. The maximum atomic E-state index is 5.75. The van der Waals surface area contributed by atoms with Gasteiger partial charge in [0.25, 0.3) is 0 Å². The highest BCUT2D eigenvalue weighted by Gasteiger charge is 2.20. The quantitative estimate of drug-likeness (QED) is 0.805. The standard InChI is InChI=1S/C9H14N2O2S/c1-6(10)8-4-11-9(14-8)7-5-12-2-3-13-7/h4,6-7H,2-3,5,10H2,1H3. The molecule has 0 spiro atoms. The zero-order chi connectivity index (χ0) is 9.97. The molecule has 0 amide bonds. The van der Waals surface area contributed by atoms with Crippen LogP contribution in [0.15, 0.2) is 6.20 Å². The Kier molecular flexibility index (Phi) is 3.12. The van der Waals surface area contributed by atoms with Crippen LogP contribution in [-0.2, 0) is 9.47 Å². The third-order valence-corrected chi connectivity index (χ3v) is 3.37. The van der Waals surface area contributed by atoms with Crippen LogP contribution in [0, 0.1) is 0 Å². The highest BCUT2D eigenvalue weighted by molar-refractivity contribution is 7.11. The van der Waals surface area contributed by atoms with Crippen molar-refractivity contribution in [1.29, 1.82) is 0 Å². The van der Waals surface area contributed by atoms with Crippen molar-refractivity contribution in [3.63, 3.8) is 0 Å². The molecule has 1 aliphatic rings. The number of hydrogen-bond donors (Lipinski definition) is 1. The van der Waals surface area contributed by atoms with Crippen LogP contribution in [0.3, 0.4) is 0 Å². The summed E-state index contributed by atoms with van der Waals surface area (Å²) < 4.78 is 10.9. The molecule has 0 bridgehead atoms. The van der Waals surface area contributed by atoms with Crippen LogP contribution >= 0.6 is 11.3 Å². The summed E-state index contributed by atoms with van der Waals surface area (Å²) in [7, 11) is 0. The Morgan fingerprint density at radius 1 is 1.64 bits per heavy atom. The SMILES string of the molecule is CC(N)c1cnc(C2COCCO2)s1. The van der Waals surface area contributed by atoms with Crippen molar-refractivity contribution in [3.8, 4) is 0 Å². The van der Waals surface area contributed by atoms with Gasteiger partial charge in [-0.15, -0.1) is 11.3 Å². The second-order valence-electron chi connectivity index (χ2n) is 3.32. The fourth-order valence-electron chi connectivity index (χ4n) is 1.29. The molecular formula is C9H14N2O2S. The van der Waals surface area contributed by atoms with E-state index < -0.39 is 0 Å². The summed E-state index contributed by atoms with van der Waals surface area (Å²) in [4.78, 5) is 5.39. The normalized spacial score (nSPS) is 24.9. The fraction of sp³-hybridized carbons (Fsp3) is 0.667. The zero-order valence-corrected chi connectivity index (χ0v) is 8.92. The minimum Gasteiger partial charge on any atom is -0.376 e. The van der Waals surface area contributed by atoms with Gasteiger partial charge in [0.15, 0.2) is 0 Å². The lowest BCUT2D eigenvalue weighted by Crippen LogP contribution is -2.21. The molecule has 0 aromatic carbocycles. The van der Waals surface area contributed by atoms with E-state index in [2.05, 4.69) is 4.98 Å². The smallest absolute Gasteiger partial charge is 0.132 e. The number of thiazole rings is 1. The van der Waals surface area contributed by atoms with Crippen LogP contribution in [0.25, 0.3) is 0 Å². The Morgan fingerprint density at radius 2 is 2.50 bits per heavy atom. The summed E-state index contributed by atoms with van der Waals surface area (Å²) in [5.41, 5.74) is 5.75. The molecule has 1 aliphatic heterocycles. The van der Waals surface area contributed by atoms with Crippen molar-refractivity contribution in [2.45, 2.75) is 19.1 Å². The number of hydrogen-bond acceptors (Lipinski definition) is 5. The lowest BCUT2D eigenvalue weighted by molar-refractivity contribution is -0.0901. The van der Waals surface area contributed by atoms with E-state index in [4.69, 9.17) is 15.2 Å². The van der Waals surface area contributed by atoms with Gasteiger partial charge >= 0.3 is 0 Å². The number of nitrogens with two attached hydrogens (primary N) is 1. The molecule has 0 aliphatic carbocycles. The molecule has 4 nitrogen and oxygen atoms in total. The summed E-state index contributed by atoms with van der Waals surface area (Å²) in [6.45, 7) is 3.89. The first-order valence-corrected chi connectivity index (χ1v) is 5.49. The lowest BCUT2D eigenvalue weighted by Gasteiger charge is -2.20. The molecule has 2 unspecified atom stereocenters. The number of rotatable bonds is 2. The van der Waals surface area contributed by atoms with Crippen LogP contribution in [-0.4, -0.2) is 24.8 Å². The second kappa shape index (κ2) is 4.35. The van der Waals surface area contributed by atoms with E-state index in [-0.39, 0.29) is 12.1 Å². The van der Waals surface area contributed by atoms with Gasteiger partial charge < -0.3 is 15.2 Å². The molecule has 5 heteroatoms. The molecule has 2 rings (SSSR count). The Labute approximate surface area is 87.0 Å². The van der Waals surface area contributed by atoms with Gasteiger partial charge in [0.2, 0.25) is 0 Å². The van der Waals surface area contributed by atoms with Gasteiger partial charge in [-0.1, -0.05) is 0 Å². The lowest BCUT2D eigenvalue weighted by atomic mass is 10.3. The van der Waals surface area contributed by atoms with Gasteiger partial charge in [0.05, 0.1) is 19.8 Å². The van der Waals surface area contributed by atoms with Crippen LogP contribution in [0.5, 0.6) is 0 Å². The highest BCUT2D eigenvalue weighted by atomic mass is 32.1. The van der Waals surface area contributed by atoms with Gasteiger partial charge in [0.1, 0.15) is 11.1 Å². The van der Waals surface area contributed by atoms with Crippen molar-refractivity contribution in [2.24, 2.45) is 5.73 Å². The van der Waals surface area contributed by atoms with E-state index in [9.17, 15) is 0 Å². The molecule has 2 heterocycles. The maximum absolute atomic E-state index is 5.75. The summed E-state index contributed by atoms with van der Waals surface area (Å²) in [6, 6.07) is 0.0470. The molecule has 1 fully saturated rings. The minimum atomic E-state index is 0.00116. The highest BCUT2D eigenvalue weighted by Crippen LogP contribution is 2.27. The van der Waals surface area contributed by atoms with Crippen molar-refractivity contribution in [2.75, 3.05) is 19.8 Å². The molecule has 78 valence electrons.